The third-order valence-electron chi connectivity index (χ3n) is 2.40. The van der Waals surface area contributed by atoms with Gasteiger partial charge in [-0.1, -0.05) is 0 Å². The number of rotatable bonds is 5. The molecule has 2 rings (SSSR count). The van der Waals surface area contributed by atoms with Crippen molar-refractivity contribution in [1.29, 1.82) is 0 Å². The van der Waals surface area contributed by atoms with Gasteiger partial charge in [0.05, 0.1) is 0 Å². The Morgan fingerprint density at radius 3 is 1.14 bits per heavy atom. The molecule has 0 aliphatic heterocycles. The van der Waals surface area contributed by atoms with Crippen LogP contribution in [0.4, 0.5) is 0 Å². The zero-order valence-electron chi connectivity index (χ0n) is 12.1. The first-order chi connectivity index (χ1) is 10.5. The van der Waals surface area contributed by atoms with Crippen LogP contribution in [-0.4, -0.2) is 11.9 Å². The molecule has 0 saturated heterocycles. The number of carbonyl (C=O) groups excluding carboxylic acids is 2. The lowest BCUT2D eigenvalue weighted by Gasteiger charge is -2.07. The van der Waals surface area contributed by atoms with Gasteiger partial charge in [0.15, 0.2) is 11.5 Å². The molecule has 2 aromatic rings. The van der Waals surface area contributed by atoms with E-state index >= 15 is 0 Å². The van der Waals surface area contributed by atoms with Gasteiger partial charge in [-0.05, 0) is 48.5 Å². The van der Waals surface area contributed by atoms with Gasteiger partial charge in [-0.15, -0.1) is 0 Å². The van der Waals surface area contributed by atoms with E-state index in [1.54, 1.807) is 48.5 Å². The molecule has 0 bridgehead atoms. The summed E-state index contributed by atoms with van der Waals surface area (Å²) >= 11 is 0. The number of benzene rings is 2. The highest BCUT2D eigenvalue weighted by Crippen LogP contribution is 2.21. The average Bonchev–Trinajstić information content (AvgIpc) is 2.47. The van der Waals surface area contributed by atoms with Gasteiger partial charge in [0.1, 0.15) is 11.5 Å². The van der Waals surface area contributed by atoms with Crippen molar-refractivity contribution in [3.63, 3.8) is 0 Å². The van der Waals surface area contributed by atoms with Crippen molar-refractivity contribution in [2.75, 3.05) is 0 Å². The Hall–Kier alpha value is -3.02. The number of esters is 2. The maximum absolute atomic E-state index is 10.8. The average molecular weight is 302 g/mol. The molecule has 0 aromatic heterocycles. The minimum absolute atomic E-state index is 0.391. The molecule has 0 unspecified atom stereocenters. The highest BCUT2D eigenvalue weighted by molar-refractivity contribution is 5.69. The monoisotopic (exact) mass is 302 g/mol. The van der Waals surface area contributed by atoms with Crippen molar-refractivity contribution < 1.29 is 28.8 Å². The molecular weight excluding hydrogens is 288 g/mol. The minimum Gasteiger partial charge on any atom is -0.427 e. The zero-order valence-corrected chi connectivity index (χ0v) is 12.1. The normalized spacial score (nSPS) is 9.73. The van der Waals surface area contributed by atoms with Crippen molar-refractivity contribution in [1.82, 2.24) is 0 Å². The lowest BCUT2D eigenvalue weighted by molar-refractivity contribution is -0.132. The Kier molecular flexibility index (Phi) is 4.98. The molecule has 0 spiro atoms. The van der Waals surface area contributed by atoms with E-state index < -0.39 is 11.9 Å². The quantitative estimate of drug-likeness (QED) is 0.366. The fraction of sp³-hybridized carbons (Fsp3) is 0.125. The standard InChI is InChI=1S/C16H14O6/c1-11(17)19-13-3-7-15(8-4-13)21-22-16-9-5-14(6-10-16)20-12(2)18/h3-10H,1-2H3. The second kappa shape index (κ2) is 7.12. The molecule has 114 valence electrons. The predicted molar refractivity (Wildman–Crippen MR) is 76.8 cm³/mol. The Bertz CT molecular complexity index is 586. The molecule has 0 saturated carbocycles. The Morgan fingerprint density at radius 2 is 0.864 bits per heavy atom. The van der Waals surface area contributed by atoms with E-state index in [1.807, 2.05) is 0 Å². The van der Waals surface area contributed by atoms with Gasteiger partial charge in [0, 0.05) is 13.8 Å². The SMILES string of the molecule is CC(=O)Oc1ccc(OOc2ccc(OC(C)=O)cc2)cc1. The van der Waals surface area contributed by atoms with Crippen LogP contribution in [0.15, 0.2) is 48.5 Å². The van der Waals surface area contributed by atoms with Crippen molar-refractivity contribution in [3.8, 4) is 23.0 Å². The minimum atomic E-state index is -0.391. The molecular formula is C16H14O6. The molecule has 0 fully saturated rings. The first-order valence-corrected chi connectivity index (χ1v) is 6.44. The van der Waals surface area contributed by atoms with E-state index in [0.29, 0.717) is 23.0 Å². The highest BCUT2D eigenvalue weighted by atomic mass is 17.2. The van der Waals surface area contributed by atoms with E-state index in [1.165, 1.54) is 13.8 Å². The summed E-state index contributed by atoms with van der Waals surface area (Å²) in [7, 11) is 0. The van der Waals surface area contributed by atoms with E-state index in [9.17, 15) is 9.59 Å². The van der Waals surface area contributed by atoms with Gasteiger partial charge >= 0.3 is 11.9 Å². The fourth-order valence-electron chi connectivity index (χ4n) is 1.55. The lowest BCUT2D eigenvalue weighted by atomic mass is 10.3. The van der Waals surface area contributed by atoms with Crippen LogP contribution in [0.2, 0.25) is 0 Å². The third kappa shape index (κ3) is 4.82. The van der Waals surface area contributed by atoms with Gasteiger partial charge in [-0.3, -0.25) is 19.4 Å². The molecule has 6 heteroatoms. The van der Waals surface area contributed by atoms with E-state index in [0.717, 1.165) is 0 Å². The summed E-state index contributed by atoms with van der Waals surface area (Å²) in [6, 6.07) is 12.8. The second-order valence-corrected chi connectivity index (χ2v) is 4.30. The predicted octanol–water partition coefficient (Wildman–Crippen LogP) is 2.91. The summed E-state index contributed by atoms with van der Waals surface area (Å²) in [6.07, 6.45) is 0. The van der Waals surface area contributed by atoms with E-state index in [2.05, 4.69) is 0 Å². The van der Waals surface area contributed by atoms with Crippen molar-refractivity contribution in [3.05, 3.63) is 48.5 Å². The van der Waals surface area contributed by atoms with E-state index in [-0.39, 0.29) is 0 Å². The van der Waals surface area contributed by atoms with Crippen LogP contribution in [-0.2, 0) is 9.59 Å². The van der Waals surface area contributed by atoms with Crippen LogP contribution in [0, 0.1) is 0 Å². The molecule has 0 heterocycles. The first-order valence-electron chi connectivity index (χ1n) is 6.44. The van der Waals surface area contributed by atoms with Gasteiger partial charge in [0.25, 0.3) is 0 Å². The third-order valence-corrected chi connectivity index (χ3v) is 2.40. The maximum atomic E-state index is 10.8. The summed E-state index contributed by atoms with van der Waals surface area (Å²) in [4.78, 5) is 31.8. The maximum Gasteiger partial charge on any atom is 0.308 e. The molecule has 0 radical (unpaired) electrons. The van der Waals surface area contributed by atoms with Gasteiger partial charge < -0.3 is 9.47 Å². The topological polar surface area (TPSA) is 71.1 Å². The fourth-order valence-corrected chi connectivity index (χ4v) is 1.55. The van der Waals surface area contributed by atoms with E-state index in [4.69, 9.17) is 19.2 Å². The molecule has 0 atom stereocenters. The van der Waals surface area contributed by atoms with Gasteiger partial charge in [-0.25, -0.2) is 0 Å². The number of carbonyl (C=O) groups is 2. The Balaban J connectivity index is 1.89. The Labute approximate surface area is 127 Å². The lowest BCUT2D eigenvalue weighted by Crippen LogP contribution is -2.03. The smallest absolute Gasteiger partial charge is 0.308 e. The summed E-state index contributed by atoms with van der Waals surface area (Å²) in [5.41, 5.74) is 0. The van der Waals surface area contributed by atoms with Crippen LogP contribution >= 0.6 is 0 Å². The van der Waals surface area contributed by atoms with Crippen molar-refractivity contribution in [2.24, 2.45) is 0 Å². The highest BCUT2D eigenvalue weighted by Gasteiger charge is 2.02. The summed E-state index contributed by atoms with van der Waals surface area (Å²) in [5, 5.41) is 0. The summed E-state index contributed by atoms with van der Waals surface area (Å²) < 4.78 is 9.80. The van der Waals surface area contributed by atoms with Crippen LogP contribution in [0.1, 0.15) is 13.8 Å². The number of hydrogen-bond donors (Lipinski definition) is 0. The first kappa shape index (κ1) is 15.4. The van der Waals surface area contributed by atoms with Crippen molar-refractivity contribution in [2.45, 2.75) is 13.8 Å². The van der Waals surface area contributed by atoms with Crippen LogP contribution in [0.25, 0.3) is 0 Å². The van der Waals surface area contributed by atoms with Crippen LogP contribution < -0.4 is 19.2 Å². The summed E-state index contributed by atoms with van der Waals surface area (Å²) in [5.74, 6) is 0.951. The van der Waals surface area contributed by atoms with Gasteiger partial charge in [0.2, 0.25) is 0 Å². The Morgan fingerprint density at radius 1 is 0.591 bits per heavy atom. The molecule has 0 aliphatic carbocycles. The van der Waals surface area contributed by atoms with Crippen LogP contribution in [0.5, 0.6) is 23.0 Å². The largest absolute Gasteiger partial charge is 0.427 e. The molecule has 22 heavy (non-hydrogen) atoms. The summed E-state index contributed by atoms with van der Waals surface area (Å²) in [6.45, 7) is 2.65. The number of ether oxygens (including phenoxy) is 2. The van der Waals surface area contributed by atoms with Crippen LogP contribution in [0.3, 0.4) is 0 Å². The molecule has 0 aliphatic rings. The molecule has 0 amide bonds. The van der Waals surface area contributed by atoms with Gasteiger partial charge in [-0.2, -0.15) is 0 Å². The second-order valence-electron chi connectivity index (χ2n) is 4.30. The van der Waals surface area contributed by atoms with Crippen molar-refractivity contribution >= 4 is 11.9 Å². The molecule has 0 N–H and O–H groups in total. The molecule has 6 nitrogen and oxygen atoms in total. The number of hydrogen-bond acceptors (Lipinski definition) is 6. The molecule has 2 aromatic carbocycles. The zero-order chi connectivity index (χ0) is 15.9.